The van der Waals surface area contributed by atoms with Crippen molar-refractivity contribution >= 4 is 33.1 Å². The van der Waals surface area contributed by atoms with Gasteiger partial charge in [-0.25, -0.2) is 13.2 Å². The lowest BCUT2D eigenvalue weighted by atomic mass is 10.0. The van der Waals surface area contributed by atoms with Crippen LogP contribution in [0.25, 0.3) is 0 Å². The third kappa shape index (κ3) is 6.14. The number of rotatable bonds is 9. The van der Waals surface area contributed by atoms with E-state index in [0.717, 1.165) is 12.0 Å². The normalized spacial score (nSPS) is 10.9. The van der Waals surface area contributed by atoms with Crippen molar-refractivity contribution < 1.29 is 13.2 Å². The molecular weight excluding hydrogens is 426 g/mol. The Balaban J connectivity index is 1.65. The molecule has 0 aliphatic rings. The van der Waals surface area contributed by atoms with E-state index >= 15 is 0 Å². The van der Waals surface area contributed by atoms with Gasteiger partial charge in [0.2, 0.25) is 0 Å². The summed E-state index contributed by atoms with van der Waals surface area (Å²) < 4.78 is 28.2. The van der Waals surface area contributed by atoms with Crippen LogP contribution in [0.1, 0.15) is 30.9 Å². The molecular formula is C23H25N5O3S. The van der Waals surface area contributed by atoms with Crippen molar-refractivity contribution in [2.75, 3.05) is 10.0 Å². The van der Waals surface area contributed by atoms with Crippen LogP contribution in [0.5, 0.6) is 0 Å². The number of nitrogens with one attached hydrogen (secondary N) is 4. The minimum absolute atomic E-state index is 0.0515. The van der Waals surface area contributed by atoms with Crippen LogP contribution in [0.2, 0.25) is 0 Å². The summed E-state index contributed by atoms with van der Waals surface area (Å²) in [6.07, 6.45) is 4.67. The van der Waals surface area contributed by atoms with Gasteiger partial charge in [-0.1, -0.05) is 37.6 Å². The van der Waals surface area contributed by atoms with Gasteiger partial charge in [0.05, 0.1) is 10.6 Å². The van der Waals surface area contributed by atoms with Gasteiger partial charge in [0.15, 0.2) is 0 Å². The number of amides is 2. The van der Waals surface area contributed by atoms with E-state index in [4.69, 9.17) is 5.41 Å². The Morgan fingerprint density at radius 2 is 1.78 bits per heavy atom. The molecule has 0 fully saturated rings. The molecule has 0 radical (unpaired) electrons. The Kier molecular flexibility index (Phi) is 7.56. The molecule has 32 heavy (non-hydrogen) atoms. The van der Waals surface area contributed by atoms with Crippen molar-refractivity contribution in [1.29, 1.82) is 5.41 Å². The van der Waals surface area contributed by atoms with Crippen LogP contribution in [-0.4, -0.2) is 25.1 Å². The van der Waals surface area contributed by atoms with Crippen LogP contribution in [0.4, 0.5) is 16.2 Å². The summed E-state index contributed by atoms with van der Waals surface area (Å²) in [5.41, 5.74) is 2.62. The highest BCUT2D eigenvalue weighted by atomic mass is 32.2. The zero-order valence-electron chi connectivity index (χ0n) is 17.6. The number of benzene rings is 2. The number of carbonyl (C=O) groups excluding carboxylic acids is 1. The Bertz CT molecular complexity index is 1180. The zero-order chi connectivity index (χ0) is 23.0. The number of anilines is 2. The summed E-state index contributed by atoms with van der Waals surface area (Å²) in [4.78, 5) is 16.1. The third-order valence-corrected chi connectivity index (χ3v) is 5.98. The zero-order valence-corrected chi connectivity index (χ0v) is 18.4. The fourth-order valence-corrected chi connectivity index (χ4v) is 4.08. The monoisotopic (exact) mass is 451 g/mol. The molecule has 1 aromatic heterocycles. The number of aromatic nitrogens is 1. The van der Waals surface area contributed by atoms with Crippen molar-refractivity contribution in [3.63, 3.8) is 0 Å². The molecule has 0 saturated carbocycles. The second kappa shape index (κ2) is 10.5. The average Bonchev–Trinajstić information content (AvgIpc) is 2.79. The summed E-state index contributed by atoms with van der Waals surface area (Å²) in [6, 6.07) is 16.0. The molecule has 166 valence electrons. The van der Waals surface area contributed by atoms with Crippen LogP contribution >= 0.6 is 0 Å². The van der Waals surface area contributed by atoms with E-state index in [-0.39, 0.29) is 4.90 Å². The van der Waals surface area contributed by atoms with E-state index in [9.17, 15) is 13.2 Å². The molecule has 0 spiro atoms. The minimum Gasteiger partial charge on any atom is -0.334 e. The van der Waals surface area contributed by atoms with E-state index in [1.165, 1.54) is 24.3 Å². The van der Waals surface area contributed by atoms with Gasteiger partial charge in [-0.2, -0.15) is 0 Å². The number of para-hydroxylation sites is 1. The average molecular weight is 452 g/mol. The van der Waals surface area contributed by atoms with Gasteiger partial charge >= 0.3 is 6.03 Å². The number of sulfonamides is 1. The van der Waals surface area contributed by atoms with Crippen LogP contribution in [0.15, 0.2) is 78.0 Å². The summed E-state index contributed by atoms with van der Waals surface area (Å²) in [6.45, 7) is 2.29. The van der Waals surface area contributed by atoms with Crippen molar-refractivity contribution in [3.8, 4) is 0 Å². The molecule has 0 bridgehead atoms. The molecule has 8 nitrogen and oxygen atoms in total. The van der Waals surface area contributed by atoms with Crippen molar-refractivity contribution in [2.24, 2.45) is 0 Å². The SMILES string of the molecule is CCCC(=N)c1ccccc1NS(=O)(=O)c1ccc(NC(=O)NCc2cccnc2)cc1. The first-order valence-electron chi connectivity index (χ1n) is 10.1. The maximum absolute atomic E-state index is 12.8. The summed E-state index contributed by atoms with van der Waals surface area (Å²) in [7, 11) is -3.86. The quantitative estimate of drug-likeness (QED) is 0.361. The van der Waals surface area contributed by atoms with E-state index in [1.807, 2.05) is 13.0 Å². The van der Waals surface area contributed by atoms with E-state index < -0.39 is 16.1 Å². The highest BCUT2D eigenvalue weighted by molar-refractivity contribution is 7.92. The molecule has 0 unspecified atom stereocenters. The molecule has 3 aromatic rings. The first-order valence-corrected chi connectivity index (χ1v) is 11.6. The van der Waals surface area contributed by atoms with Crippen LogP contribution in [0, 0.1) is 5.41 Å². The molecule has 0 aliphatic carbocycles. The summed E-state index contributed by atoms with van der Waals surface area (Å²) in [5.74, 6) is 0. The first-order chi connectivity index (χ1) is 15.4. The standard InChI is InChI=1S/C23H25N5O3S/c1-2-6-21(24)20-8-3-4-9-22(20)28-32(30,31)19-12-10-18(11-13-19)27-23(29)26-16-17-7-5-14-25-15-17/h3-5,7-15,24,28H,2,6,16H2,1H3,(H2,26,27,29). The first kappa shape index (κ1) is 23.0. The number of carbonyl (C=O) groups is 1. The van der Waals surface area contributed by atoms with Gasteiger partial charge in [-0.05, 0) is 48.4 Å². The predicted molar refractivity (Wildman–Crippen MR) is 126 cm³/mol. The smallest absolute Gasteiger partial charge is 0.319 e. The summed E-state index contributed by atoms with van der Waals surface area (Å²) in [5, 5.41) is 13.6. The van der Waals surface area contributed by atoms with Gasteiger partial charge in [0, 0.05) is 35.9 Å². The molecule has 9 heteroatoms. The largest absolute Gasteiger partial charge is 0.334 e. The summed E-state index contributed by atoms with van der Waals surface area (Å²) >= 11 is 0. The maximum atomic E-state index is 12.8. The highest BCUT2D eigenvalue weighted by Crippen LogP contribution is 2.22. The molecule has 0 aliphatic heterocycles. The number of urea groups is 1. The molecule has 3 rings (SSSR count). The molecule has 0 saturated heterocycles. The molecule has 2 amide bonds. The van der Waals surface area contributed by atoms with Gasteiger partial charge in [0.25, 0.3) is 10.0 Å². The van der Waals surface area contributed by atoms with Crippen LogP contribution < -0.4 is 15.4 Å². The van der Waals surface area contributed by atoms with Gasteiger partial charge in [-0.3, -0.25) is 9.71 Å². The van der Waals surface area contributed by atoms with Crippen LogP contribution in [0.3, 0.4) is 0 Å². The topological polar surface area (TPSA) is 124 Å². The van der Waals surface area contributed by atoms with Crippen LogP contribution in [-0.2, 0) is 16.6 Å². The van der Waals surface area contributed by atoms with E-state index in [1.54, 1.807) is 42.7 Å². The fourth-order valence-electron chi connectivity index (χ4n) is 3.00. The number of hydrogen-bond donors (Lipinski definition) is 4. The fraction of sp³-hybridized carbons (Fsp3) is 0.174. The number of nitrogens with zero attached hydrogens (tertiary/aromatic N) is 1. The molecule has 2 aromatic carbocycles. The Morgan fingerprint density at radius 1 is 1.03 bits per heavy atom. The van der Waals surface area contributed by atoms with Gasteiger partial charge in [-0.15, -0.1) is 0 Å². The maximum Gasteiger partial charge on any atom is 0.319 e. The van der Waals surface area contributed by atoms with E-state index in [0.29, 0.717) is 35.6 Å². The second-order valence-electron chi connectivity index (χ2n) is 7.07. The molecule has 0 atom stereocenters. The van der Waals surface area contributed by atoms with E-state index in [2.05, 4.69) is 20.3 Å². The second-order valence-corrected chi connectivity index (χ2v) is 8.76. The minimum atomic E-state index is -3.86. The third-order valence-electron chi connectivity index (χ3n) is 4.59. The van der Waals surface area contributed by atoms with Crippen molar-refractivity contribution in [1.82, 2.24) is 10.3 Å². The van der Waals surface area contributed by atoms with Crippen molar-refractivity contribution in [3.05, 3.63) is 84.2 Å². The molecule has 1 heterocycles. The van der Waals surface area contributed by atoms with Crippen molar-refractivity contribution in [2.45, 2.75) is 31.2 Å². The lowest BCUT2D eigenvalue weighted by molar-refractivity contribution is 0.251. The van der Waals surface area contributed by atoms with Gasteiger partial charge in [0.1, 0.15) is 0 Å². The predicted octanol–water partition coefficient (Wildman–Crippen LogP) is 4.37. The number of hydrogen-bond acceptors (Lipinski definition) is 5. The number of pyridine rings is 1. The Morgan fingerprint density at radius 3 is 2.47 bits per heavy atom. The Labute approximate surface area is 187 Å². The highest BCUT2D eigenvalue weighted by Gasteiger charge is 2.17. The van der Waals surface area contributed by atoms with Gasteiger partial charge < -0.3 is 16.0 Å². The lowest BCUT2D eigenvalue weighted by Gasteiger charge is -2.14. The lowest BCUT2D eigenvalue weighted by Crippen LogP contribution is -2.28. The molecule has 4 N–H and O–H groups in total. The Hall–Kier alpha value is -3.72.